The Hall–Kier alpha value is -1.88. The predicted molar refractivity (Wildman–Crippen MR) is 77.3 cm³/mol. The highest BCUT2D eigenvalue weighted by atomic mass is 16.5. The summed E-state index contributed by atoms with van der Waals surface area (Å²) in [5.74, 6) is 0.315. The number of benzene rings is 1. The van der Waals surface area contributed by atoms with E-state index in [1.165, 1.54) is 0 Å². The summed E-state index contributed by atoms with van der Waals surface area (Å²) in [6, 6.07) is 5.04. The summed E-state index contributed by atoms with van der Waals surface area (Å²) >= 11 is 0. The monoisotopic (exact) mass is 276 g/mol. The molecule has 0 amide bonds. The number of aromatic nitrogens is 2. The maximum atomic E-state index is 11.1. The van der Waals surface area contributed by atoms with E-state index in [1.54, 1.807) is 18.2 Å². The number of carboxylic acid groups (broad SMARTS) is 1. The molecule has 0 unspecified atom stereocenters. The van der Waals surface area contributed by atoms with Gasteiger partial charge in [0.15, 0.2) is 0 Å². The summed E-state index contributed by atoms with van der Waals surface area (Å²) in [6.45, 7) is 8.06. The van der Waals surface area contributed by atoms with Gasteiger partial charge in [0.25, 0.3) is 0 Å². The van der Waals surface area contributed by atoms with Crippen LogP contribution in [0.15, 0.2) is 18.2 Å². The van der Waals surface area contributed by atoms with Gasteiger partial charge in [0.2, 0.25) is 0 Å². The van der Waals surface area contributed by atoms with Gasteiger partial charge in [-0.15, -0.1) is 0 Å². The molecule has 0 aliphatic carbocycles. The molecule has 108 valence electrons. The number of rotatable bonds is 6. The van der Waals surface area contributed by atoms with E-state index in [-0.39, 0.29) is 11.5 Å². The number of imidazole rings is 1. The van der Waals surface area contributed by atoms with Crippen LogP contribution in [0, 0.1) is 0 Å². The molecular weight excluding hydrogens is 256 g/mol. The molecule has 0 bridgehead atoms. The van der Waals surface area contributed by atoms with E-state index in [0.29, 0.717) is 19.8 Å². The van der Waals surface area contributed by atoms with Crippen LogP contribution in [0.25, 0.3) is 11.0 Å². The fraction of sp³-hybridized carbons (Fsp3) is 0.467. The average Bonchev–Trinajstić information content (AvgIpc) is 2.77. The Kier molecular flexibility index (Phi) is 4.39. The standard InChI is InChI=1S/C15H20N2O3/c1-4-20-8-7-17-13-9-11(15(18)19)5-6-12(13)16-14(17)10(2)3/h5-6,9-10H,4,7-8H2,1-3H3,(H,18,19). The molecule has 20 heavy (non-hydrogen) atoms. The second kappa shape index (κ2) is 6.05. The van der Waals surface area contributed by atoms with Crippen molar-refractivity contribution in [2.75, 3.05) is 13.2 Å². The van der Waals surface area contributed by atoms with Gasteiger partial charge in [-0.2, -0.15) is 0 Å². The molecule has 5 heteroatoms. The van der Waals surface area contributed by atoms with Crippen LogP contribution in [0.2, 0.25) is 0 Å². The first-order chi connectivity index (χ1) is 9.54. The first-order valence-electron chi connectivity index (χ1n) is 6.85. The SMILES string of the molecule is CCOCCn1c(C(C)C)nc2ccc(C(=O)O)cc21. The van der Waals surface area contributed by atoms with Crippen LogP contribution >= 0.6 is 0 Å². The van der Waals surface area contributed by atoms with Crippen LogP contribution in [0.5, 0.6) is 0 Å². The Bertz CT molecular complexity index is 617. The number of carboxylic acids is 1. The van der Waals surface area contributed by atoms with Crippen molar-refractivity contribution in [2.45, 2.75) is 33.2 Å². The first kappa shape index (κ1) is 14.5. The number of fused-ring (bicyclic) bond motifs is 1. The fourth-order valence-corrected chi connectivity index (χ4v) is 2.25. The Morgan fingerprint density at radius 3 is 2.80 bits per heavy atom. The minimum Gasteiger partial charge on any atom is -0.478 e. The molecule has 1 N–H and O–H groups in total. The molecule has 0 aliphatic heterocycles. The van der Waals surface area contributed by atoms with Crippen molar-refractivity contribution in [3.63, 3.8) is 0 Å². The first-order valence-corrected chi connectivity index (χ1v) is 6.85. The van der Waals surface area contributed by atoms with Gasteiger partial charge in [0, 0.05) is 19.1 Å². The lowest BCUT2D eigenvalue weighted by Gasteiger charge is -2.11. The van der Waals surface area contributed by atoms with Crippen molar-refractivity contribution in [2.24, 2.45) is 0 Å². The van der Waals surface area contributed by atoms with E-state index in [9.17, 15) is 4.79 Å². The Morgan fingerprint density at radius 2 is 2.20 bits per heavy atom. The normalized spacial score (nSPS) is 11.4. The number of hydrogen-bond donors (Lipinski definition) is 1. The number of nitrogens with zero attached hydrogens (tertiary/aromatic N) is 2. The lowest BCUT2D eigenvalue weighted by molar-refractivity contribution is 0.0697. The van der Waals surface area contributed by atoms with Crippen molar-refractivity contribution in [1.29, 1.82) is 0 Å². The van der Waals surface area contributed by atoms with Crippen LogP contribution in [0.1, 0.15) is 42.9 Å². The van der Waals surface area contributed by atoms with E-state index in [4.69, 9.17) is 9.84 Å². The van der Waals surface area contributed by atoms with Gasteiger partial charge >= 0.3 is 5.97 Å². The van der Waals surface area contributed by atoms with Gasteiger partial charge in [-0.05, 0) is 25.1 Å². The highest BCUT2D eigenvalue weighted by molar-refractivity contribution is 5.92. The summed E-state index contributed by atoms with van der Waals surface area (Å²) in [4.78, 5) is 15.7. The molecule has 1 aromatic heterocycles. The molecule has 0 aliphatic rings. The molecule has 2 rings (SSSR count). The zero-order valence-corrected chi connectivity index (χ0v) is 12.1. The van der Waals surface area contributed by atoms with Crippen molar-refractivity contribution >= 4 is 17.0 Å². The van der Waals surface area contributed by atoms with E-state index >= 15 is 0 Å². The maximum absolute atomic E-state index is 11.1. The van der Waals surface area contributed by atoms with Crippen LogP contribution in [-0.2, 0) is 11.3 Å². The minimum absolute atomic E-state index is 0.275. The van der Waals surface area contributed by atoms with Crippen molar-refractivity contribution in [3.8, 4) is 0 Å². The third kappa shape index (κ3) is 2.82. The number of aromatic carboxylic acids is 1. The zero-order valence-electron chi connectivity index (χ0n) is 12.1. The number of ether oxygens (including phenoxy) is 1. The van der Waals surface area contributed by atoms with Gasteiger partial charge in [-0.3, -0.25) is 0 Å². The van der Waals surface area contributed by atoms with Crippen LogP contribution in [0.3, 0.4) is 0 Å². The quantitative estimate of drug-likeness (QED) is 0.824. The lowest BCUT2D eigenvalue weighted by atomic mass is 10.2. The molecule has 0 saturated heterocycles. The number of carbonyl (C=O) groups is 1. The minimum atomic E-state index is -0.921. The van der Waals surface area contributed by atoms with Gasteiger partial charge < -0.3 is 14.4 Å². The van der Waals surface area contributed by atoms with Crippen LogP contribution in [-0.4, -0.2) is 33.8 Å². The second-order valence-electron chi connectivity index (χ2n) is 4.98. The van der Waals surface area contributed by atoms with E-state index in [2.05, 4.69) is 23.4 Å². The summed E-state index contributed by atoms with van der Waals surface area (Å²) in [5.41, 5.74) is 1.97. The third-order valence-corrected chi connectivity index (χ3v) is 3.20. The van der Waals surface area contributed by atoms with E-state index in [1.807, 2.05) is 6.92 Å². The topological polar surface area (TPSA) is 64.4 Å². The summed E-state index contributed by atoms with van der Waals surface area (Å²) < 4.78 is 7.46. The smallest absolute Gasteiger partial charge is 0.335 e. The predicted octanol–water partition coefficient (Wildman–Crippen LogP) is 2.89. The molecule has 0 fully saturated rings. The summed E-state index contributed by atoms with van der Waals surface area (Å²) in [6.07, 6.45) is 0. The second-order valence-corrected chi connectivity index (χ2v) is 4.98. The Balaban J connectivity index is 2.49. The molecule has 5 nitrogen and oxygen atoms in total. The summed E-state index contributed by atoms with van der Waals surface area (Å²) in [7, 11) is 0. The van der Waals surface area contributed by atoms with Gasteiger partial charge in [-0.25, -0.2) is 9.78 Å². The van der Waals surface area contributed by atoms with E-state index in [0.717, 1.165) is 16.9 Å². The highest BCUT2D eigenvalue weighted by Crippen LogP contribution is 2.23. The van der Waals surface area contributed by atoms with Gasteiger partial charge in [0.05, 0.1) is 23.2 Å². The van der Waals surface area contributed by atoms with Crippen LogP contribution in [0.4, 0.5) is 0 Å². The van der Waals surface area contributed by atoms with Gasteiger partial charge in [0.1, 0.15) is 5.82 Å². The van der Waals surface area contributed by atoms with E-state index < -0.39 is 5.97 Å². The van der Waals surface area contributed by atoms with Crippen molar-refractivity contribution in [1.82, 2.24) is 9.55 Å². The molecule has 0 saturated carbocycles. The molecule has 0 atom stereocenters. The molecule has 0 radical (unpaired) electrons. The molecule has 1 heterocycles. The molecule has 1 aromatic carbocycles. The largest absolute Gasteiger partial charge is 0.478 e. The third-order valence-electron chi connectivity index (χ3n) is 3.20. The molecule has 2 aromatic rings. The fourth-order valence-electron chi connectivity index (χ4n) is 2.25. The number of hydrogen-bond acceptors (Lipinski definition) is 3. The lowest BCUT2D eigenvalue weighted by Crippen LogP contribution is -2.10. The highest BCUT2D eigenvalue weighted by Gasteiger charge is 2.15. The molecule has 0 spiro atoms. The maximum Gasteiger partial charge on any atom is 0.335 e. The Labute approximate surface area is 118 Å². The van der Waals surface area contributed by atoms with Gasteiger partial charge in [-0.1, -0.05) is 13.8 Å². The van der Waals surface area contributed by atoms with Crippen molar-refractivity contribution < 1.29 is 14.6 Å². The van der Waals surface area contributed by atoms with Crippen LogP contribution < -0.4 is 0 Å². The van der Waals surface area contributed by atoms with Crippen molar-refractivity contribution in [3.05, 3.63) is 29.6 Å². The zero-order chi connectivity index (χ0) is 14.7. The summed E-state index contributed by atoms with van der Waals surface area (Å²) in [5, 5.41) is 9.11. The Morgan fingerprint density at radius 1 is 1.45 bits per heavy atom. The molecular formula is C15H20N2O3. The average molecular weight is 276 g/mol.